The number of hydrogen-bond donors (Lipinski definition) is 1. The predicted octanol–water partition coefficient (Wildman–Crippen LogP) is 1.89. The Bertz CT molecular complexity index is 337. The SMILES string of the molecule is CC(CN)c1coc(C2CCCCN2C)n1. The average Bonchev–Trinajstić information content (AvgIpc) is 2.78. The minimum absolute atomic E-state index is 0.284. The topological polar surface area (TPSA) is 55.3 Å². The van der Waals surface area contributed by atoms with Gasteiger partial charge in [-0.2, -0.15) is 0 Å². The van der Waals surface area contributed by atoms with Gasteiger partial charge < -0.3 is 10.2 Å². The summed E-state index contributed by atoms with van der Waals surface area (Å²) in [4.78, 5) is 6.89. The summed E-state index contributed by atoms with van der Waals surface area (Å²) in [5.41, 5.74) is 6.61. The van der Waals surface area contributed by atoms with Crippen molar-refractivity contribution < 1.29 is 4.42 Å². The maximum absolute atomic E-state index is 5.63. The van der Waals surface area contributed by atoms with E-state index in [0.29, 0.717) is 12.6 Å². The highest BCUT2D eigenvalue weighted by Crippen LogP contribution is 2.29. The Morgan fingerprint density at radius 2 is 2.44 bits per heavy atom. The average molecular weight is 223 g/mol. The van der Waals surface area contributed by atoms with E-state index in [9.17, 15) is 0 Å². The van der Waals surface area contributed by atoms with Gasteiger partial charge in [-0.05, 0) is 26.4 Å². The molecule has 4 heteroatoms. The van der Waals surface area contributed by atoms with E-state index in [4.69, 9.17) is 10.2 Å². The third-order valence-electron chi connectivity index (χ3n) is 3.45. The summed E-state index contributed by atoms with van der Waals surface area (Å²) >= 11 is 0. The number of piperidine rings is 1. The predicted molar refractivity (Wildman–Crippen MR) is 63.2 cm³/mol. The zero-order valence-corrected chi connectivity index (χ0v) is 10.1. The lowest BCUT2D eigenvalue weighted by Gasteiger charge is -2.29. The van der Waals surface area contributed by atoms with Crippen LogP contribution in [0.1, 0.15) is 49.7 Å². The number of aromatic nitrogens is 1. The lowest BCUT2D eigenvalue weighted by Crippen LogP contribution is -2.29. The maximum Gasteiger partial charge on any atom is 0.211 e. The molecule has 1 aromatic heterocycles. The molecule has 0 spiro atoms. The standard InChI is InChI=1S/C12H21N3O/c1-9(7-13)10-8-16-12(14-10)11-5-3-4-6-15(11)2/h8-9,11H,3-7,13H2,1-2H3. The van der Waals surface area contributed by atoms with Gasteiger partial charge in [-0.25, -0.2) is 4.98 Å². The van der Waals surface area contributed by atoms with Crippen LogP contribution in [-0.2, 0) is 0 Å². The normalized spacial score (nSPS) is 24.6. The van der Waals surface area contributed by atoms with Gasteiger partial charge in [-0.3, -0.25) is 4.90 Å². The van der Waals surface area contributed by atoms with Crippen molar-refractivity contribution >= 4 is 0 Å². The lowest BCUT2D eigenvalue weighted by molar-refractivity contribution is 0.159. The van der Waals surface area contributed by atoms with E-state index in [1.54, 1.807) is 6.26 Å². The molecular weight excluding hydrogens is 202 g/mol. The highest BCUT2D eigenvalue weighted by Gasteiger charge is 2.25. The van der Waals surface area contributed by atoms with Crippen molar-refractivity contribution in [2.75, 3.05) is 20.1 Å². The fourth-order valence-corrected chi connectivity index (χ4v) is 2.19. The summed E-state index contributed by atoms with van der Waals surface area (Å²) in [5, 5.41) is 0. The highest BCUT2D eigenvalue weighted by atomic mass is 16.3. The first kappa shape index (κ1) is 11.6. The van der Waals surface area contributed by atoms with Crippen LogP contribution in [0.2, 0.25) is 0 Å². The molecule has 2 N–H and O–H groups in total. The maximum atomic E-state index is 5.63. The molecule has 2 heterocycles. The van der Waals surface area contributed by atoms with Gasteiger partial charge in [0.15, 0.2) is 0 Å². The van der Waals surface area contributed by atoms with Crippen LogP contribution in [0.3, 0.4) is 0 Å². The number of hydrogen-bond acceptors (Lipinski definition) is 4. The molecule has 1 aromatic rings. The number of likely N-dealkylation sites (tertiary alicyclic amines) is 1. The number of nitrogens with zero attached hydrogens (tertiary/aromatic N) is 2. The zero-order chi connectivity index (χ0) is 11.5. The summed E-state index contributed by atoms with van der Waals surface area (Å²) in [6.07, 6.45) is 5.45. The highest BCUT2D eigenvalue weighted by molar-refractivity contribution is 5.06. The minimum Gasteiger partial charge on any atom is -0.447 e. The van der Waals surface area contributed by atoms with E-state index in [0.717, 1.165) is 24.6 Å². The first-order chi connectivity index (χ1) is 7.72. The number of rotatable bonds is 3. The van der Waals surface area contributed by atoms with E-state index >= 15 is 0 Å². The third kappa shape index (κ3) is 2.28. The molecule has 2 unspecified atom stereocenters. The van der Waals surface area contributed by atoms with Gasteiger partial charge in [-0.1, -0.05) is 13.3 Å². The van der Waals surface area contributed by atoms with Gasteiger partial charge >= 0.3 is 0 Å². The fourth-order valence-electron chi connectivity index (χ4n) is 2.19. The van der Waals surface area contributed by atoms with Crippen LogP contribution in [0.25, 0.3) is 0 Å². The van der Waals surface area contributed by atoms with Crippen LogP contribution in [0.5, 0.6) is 0 Å². The molecule has 0 aromatic carbocycles. The largest absolute Gasteiger partial charge is 0.447 e. The molecule has 2 rings (SSSR count). The Kier molecular flexibility index (Phi) is 3.61. The molecule has 1 aliphatic heterocycles. The van der Waals surface area contributed by atoms with Gasteiger partial charge in [0.05, 0.1) is 11.7 Å². The molecule has 0 bridgehead atoms. The molecule has 1 aliphatic rings. The van der Waals surface area contributed by atoms with Crippen LogP contribution in [0.15, 0.2) is 10.7 Å². The zero-order valence-electron chi connectivity index (χ0n) is 10.1. The van der Waals surface area contributed by atoms with Crippen LogP contribution >= 0.6 is 0 Å². The second kappa shape index (κ2) is 4.97. The molecule has 1 saturated heterocycles. The lowest BCUT2D eigenvalue weighted by atomic mass is 10.0. The third-order valence-corrected chi connectivity index (χ3v) is 3.45. The van der Waals surface area contributed by atoms with Gasteiger partial charge in [0, 0.05) is 12.5 Å². The fraction of sp³-hybridized carbons (Fsp3) is 0.750. The van der Waals surface area contributed by atoms with Gasteiger partial charge in [-0.15, -0.1) is 0 Å². The van der Waals surface area contributed by atoms with Gasteiger partial charge in [0.25, 0.3) is 0 Å². The van der Waals surface area contributed by atoms with Gasteiger partial charge in [0.2, 0.25) is 5.89 Å². The van der Waals surface area contributed by atoms with Crippen molar-refractivity contribution in [3.63, 3.8) is 0 Å². The molecule has 4 nitrogen and oxygen atoms in total. The Labute approximate surface area is 96.8 Å². The molecule has 0 radical (unpaired) electrons. The molecular formula is C12H21N3O. The van der Waals surface area contributed by atoms with Crippen molar-refractivity contribution in [3.8, 4) is 0 Å². The Balaban J connectivity index is 2.11. The molecule has 1 fully saturated rings. The second-order valence-electron chi connectivity index (χ2n) is 4.74. The van der Waals surface area contributed by atoms with E-state index < -0.39 is 0 Å². The summed E-state index contributed by atoms with van der Waals surface area (Å²) < 4.78 is 5.59. The van der Waals surface area contributed by atoms with Crippen molar-refractivity contribution in [1.29, 1.82) is 0 Å². The van der Waals surface area contributed by atoms with Crippen molar-refractivity contribution in [3.05, 3.63) is 17.8 Å². The summed E-state index contributed by atoms with van der Waals surface area (Å²) in [6, 6.07) is 0.354. The van der Waals surface area contributed by atoms with Crippen molar-refractivity contribution in [1.82, 2.24) is 9.88 Å². The molecule has 0 saturated carbocycles. The van der Waals surface area contributed by atoms with E-state index in [2.05, 4.69) is 23.9 Å². The van der Waals surface area contributed by atoms with E-state index in [1.807, 2.05) is 0 Å². The summed E-state index contributed by atoms with van der Waals surface area (Å²) in [7, 11) is 2.14. The molecule has 0 aliphatic carbocycles. The molecule has 90 valence electrons. The number of oxazole rings is 1. The Hall–Kier alpha value is -0.870. The minimum atomic E-state index is 0.284. The van der Waals surface area contributed by atoms with Crippen molar-refractivity contribution in [2.24, 2.45) is 5.73 Å². The smallest absolute Gasteiger partial charge is 0.211 e. The molecule has 2 atom stereocenters. The van der Waals surface area contributed by atoms with Crippen LogP contribution in [0, 0.1) is 0 Å². The van der Waals surface area contributed by atoms with Crippen LogP contribution in [0.4, 0.5) is 0 Å². The second-order valence-corrected chi connectivity index (χ2v) is 4.74. The van der Waals surface area contributed by atoms with Crippen molar-refractivity contribution in [2.45, 2.75) is 38.1 Å². The molecule has 0 amide bonds. The van der Waals surface area contributed by atoms with Crippen LogP contribution < -0.4 is 5.73 Å². The first-order valence-corrected chi connectivity index (χ1v) is 6.08. The monoisotopic (exact) mass is 223 g/mol. The van der Waals surface area contributed by atoms with Gasteiger partial charge in [0.1, 0.15) is 6.26 Å². The van der Waals surface area contributed by atoms with E-state index in [-0.39, 0.29) is 5.92 Å². The quantitative estimate of drug-likeness (QED) is 0.850. The summed E-state index contributed by atoms with van der Waals surface area (Å²) in [5.74, 6) is 1.14. The first-order valence-electron chi connectivity index (χ1n) is 6.08. The summed E-state index contributed by atoms with van der Waals surface area (Å²) in [6.45, 7) is 3.83. The van der Waals surface area contributed by atoms with E-state index in [1.165, 1.54) is 12.8 Å². The Morgan fingerprint density at radius 3 is 3.12 bits per heavy atom. The Morgan fingerprint density at radius 1 is 1.62 bits per heavy atom. The molecule has 16 heavy (non-hydrogen) atoms. The van der Waals surface area contributed by atoms with Crippen LogP contribution in [-0.4, -0.2) is 30.0 Å². The number of nitrogens with two attached hydrogens (primary N) is 1.